The fourth-order valence-corrected chi connectivity index (χ4v) is 8.10. The molecule has 1 rings (SSSR count). The number of aliphatic hydroxyl groups excluding tert-OH is 3. The van der Waals surface area contributed by atoms with Gasteiger partial charge in [-0.25, -0.2) is 4.18 Å². The van der Waals surface area contributed by atoms with E-state index in [1.54, 1.807) is 0 Å². The van der Waals surface area contributed by atoms with Gasteiger partial charge in [-0.15, -0.1) is 0 Å². The Morgan fingerprint density at radius 2 is 1.05 bits per heavy atom. The van der Waals surface area contributed by atoms with E-state index in [1.807, 2.05) is 6.08 Å². The molecule has 6 unspecified atom stereocenters. The first-order chi connectivity index (χ1) is 31.6. The molecule has 0 aromatic rings. The van der Waals surface area contributed by atoms with Crippen LogP contribution in [0.5, 0.6) is 0 Å². The lowest BCUT2D eigenvalue weighted by atomic mass is 9.99. The smallest absolute Gasteiger partial charge is 0.397 e. The van der Waals surface area contributed by atoms with Gasteiger partial charge in [0.25, 0.3) is 0 Å². The molecule has 6 atom stereocenters. The van der Waals surface area contributed by atoms with Crippen molar-refractivity contribution >= 4 is 16.4 Å². The van der Waals surface area contributed by atoms with Crippen LogP contribution in [0, 0.1) is 0 Å². The van der Waals surface area contributed by atoms with Crippen LogP contribution in [-0.2, 0) is 38.3 Å². The van der Waals surface area contributed by atoms with Gasteiger partial charge in [0, 0.05) is 13.0 Å². The number of carbonyl (C=O) groups is 1. The summed E-state index contributed by atoms with van der Waals surface area (Å²) in [5.74, 6) is -0.454. The highest BCUT2D eigenvalue weighted by molar-refractivity contribution is 7.80. The van der Waals surface area contributed by atoms with Crippen LogP contribution >= 0.6 is 0 Å². The molecule has 0 saturated carbocycles. The summed E-state index contributed by atoms with van der Waals surface area (Å²) in [6, 6.07) is 0. The van der Waals surface area contributed by atoms with Crippen molar-refractivity contribution in [1.29, 1.82) is 0 Å². The Morgan fingerprint density at radius 1 is 0.600 bits per heavy atom. The normalized spacial score (nSPS) is 20.1. The molecule has 0 amide bonds. The van der Waals surface area contributed by atoms with E-state index in [0.29, 0.717) is 19.4 Å². The lowest BCUT2D eigenvalue weighted by Crippen LogP contribution is -2.60. The number of unbranched alkanes of at least 4 members (excludes halogenated alkanes) is 21. The third kappa shape index (κ3) is 36.5. The molecule has 12 nitrogen and oxygen atoms in total. The van der Waals surface area contributed by atoms with E-state index in [9.17, 15) is 33.1 Å². The van der Waals surface area contributed by atoms with E-state index in [4.69, 9.17) is 18.9 Å². The highest BCUT2D eigenvalue weighted by Crippen LogP contribution is 2.26. The van der Waals surface area contributed by atoms with Crippen LogP contribution in [-0.4, -0.2) is 97.5 Å². The summed E-state index contributed by atoms with van der Waals surface area (Å²) in [6.45, 7) is 3.83. The number of carbonyl (C=O) groups excluding carboxylic acids is 1. The molecule has 1 heterocycles. The quantitative estimate of drug-likeness (QED) is 0.0197. The zero-order valence-electron chi connectivity index (χ0n) is 40.5. The second-order valence-corrected chi connectivity index (χ2v) is 18.4. The Hall–Kier alpha value is -2.20. The van der Waals surface area contributed by atoms with Crippen LogP contribution in [0.15, 0.2) is 60.8 Å². The summed E-state index contributed by atoms with van der Waals surface area (Å²) in [7, 11) is -5.07. The molecule has 378 valence electrons. The van der Waals surface area contributed by atoms with E-state index in [0.717, 1.165) is 51.4 Å². The van der Waals surface area contributed by atoms with Crippen molar-refractivity contribution in [3.63, 3.8) is 0 Å². The van der Waals surface area contributed by atoms with Crippen LogP contribution in [0.2, 0.25) is 0 Å². The van der Waals surface area contributed by atoms with Gasteiger partial charge in [-0.05, 0) is 51.4 Å². The van der Waals surface area contributed by atoms with Crippen molar-refractivity contribution in [3.8, 4) is 0 Å². The molecule has 0 radical (unpaired) electrons. The topological polar surface area (TPSA) is 178 Å². The van der Waals surface area contributed by atoms with Crippen LogP contribution in [0.1, 0.15) is 200 Å². The average Bonchev–Trinajstić information content (AvgIpc) is 3.28. The van der Waals surface area contributed by atoms with Crippen molar-refractivity contribution in [3.05, 3.63) is 60.8 Å². The first-order valence-electron chi connectivity index (χ1n) is 25.5. The lowest BCUT2D eigenvalue weighted by Gasteiger charge is -2.41. The van der Waals surface area contributed by atoms with Crippen molar-refractivity contribution in [2.75, 3.05) is 26.4 Å². The molecule has 0 bridgehead atoms. The SMILES string of the molecule is CC/C=C\C/C=C\C/C=C\C/C=C\C/C=C\CCCC(=O)OC(COCCCCCCCCCCCCCCCCCCCCCCC)COC1OC(CO)C(O)C(OS(=O)(=O)O)C1O. The second kappa shape index (κ2) is 43.1. The van der Waals surface area contributed by atoms with Crippen LogP contribution in [0.4, 0.5) is 0 Å². The lowest BCUT2D eigenvalue weighted by molar-refractivity contribution is -0.301. The zero-order chi connectivity index (χ0) is 47.5. The van der Waals surface area contributed by atoms with Crippen molar-refractivity contribution in [1.82, 2.24) is 0 Å². The molecule has 1 saturated heterocycles. The highest BCUT2D eigenvalue weighted by atomic mass is 32.3. The van der Waals surface area contributed by atoms with Gasteiger partial charge < -0.3 is 34.3 Å². The average molecular weight is 941 g/mol. The molecule has 0 aliphatic carbocycles. The van der Waals surface area contributed by atoms with Gasteiger partial charge in [0.2, 0.25) is 0 Å². The maximum Gasteiger partial charge on any atom is 0.397 e. The van der Waals surface area contributed by atoms with Gasteiger partial charge in [-0.1, -0.05) is 203 Å². The van der Waals surface area contributed by atoms with E-state index in [1.165, 1.54) is 116 Å². The van der Waals surface area contributed by atoms with Crippen molar-refractivity contribution < 1.29 is 56.2 Å². The van der Waals surface area contributed by atoms with Crippen LogP contribution in [0.25, 0.3) is 0 Å². The Bertz CT molecular complexity index is 1360. The summed E-state index contributed by atoms with van der Waals surface area (Å²) in [6.07, 6.45) is 45.5. The van der Waals surface area contributed by atoms with Gasteiger partial charge in [0.1, 0.15) is 30.5 Å². The van der Waals surface area contributed by atoms with Gasteiger partial charge >= 0.3 is 16.4 Å². The molecule has 0 aromatic carbocycles. The van der Waals surface area contributed by atoms with E-state index in [2.05, 4.69) is 72.7 Å². The molecule has 0 aromatic heterocycles. The zero-order valence-corrected chi connectivity index (χ0v) is 41.4. The maximum atomic E-state index is 12.9. The Labute approximate surface area is 395 Å². The molecule has 1 aliphatic rings. The minimum absolute atomic E-state index is 0.0134. The minimum atomic E-state index is -5.07. The molecular weight excluding hydrogens is 849 g/mol. The highest BCUT2D eigenvalue weighted by Gasteiger charge is 2.48. The van der Waals surface area contributed by atoms with Crippen LogP contribution in [0.3, 0.4) is 0 Å². The van der Waals surface area contributed by atoms with Crippen molar-refractivity contribution in [2.45, 2.75) is 237 Å². The Morgan fingerprint density at radius 3 is 1.49 bits per heavy atom. The van der Waals surface area contributed by atoms with Gasteiger partial charge in [-0.3, -0.25) is 9.35 Å². The second-order valence-electron chi connectivity index (χ2n) is 17.4. The number of rotatable bonds is 44. The van der Waals surface area contributed by atoms with Crippen LogP contribution < -0.4 is 0 Å². The van der Waals surface area contributed by atoms with E-state index >= 15 is 0 Å². The summed E-state index contributed by atoms with van der Waals surface area (Å²) < 4.78 is 59.2. The Balaban J connectivity index is 2.39. The van der Waals surface area contributed by atoms with Gasteiger partial charge in [0.15, 0.2) is 6.29 Å². The fourth-order valence-electron chi connectivity index (χ4n) is 7.59. The number of esters is 1. The molecule has 65 heavy (non-hydrogen) atoms. The summed E-state index contributed by atoms with van der Waals surface area (Å²) in [4.78, 5) is 12.9. The number of hydrogen-bond donors (Lipinski definition) is 4. The Kier molecular flexibility index (Phi) is 40.3. The summed E-state index contributed by atoms with van der Waals surface area (Å²) >= 11 is 0. The summed E-state index contributed by atoms with van der Waals surface area (Å²) in [5, 5.41) is 30.7. The molecule has 1 aliphatic heterocycles. The summed E-state index contributed by atoms with van der Waals surface area (Å²) in [5.41, 5.74) is 0. The fraction of sp³-hybridized carbons (Fsp3) is 0.788. The monoisotopic (exact) mass is 941 g/mol. The molecular formula is C52H92O12S. The van der Waals surface area contributed by atoms with E-state index < -0.39 is 59.8 Å². The number of ether oxygens (including phenoxy) is 4. The van der Waals surface area contributed by atoms with Crippen molar-refractivity contribution in [2.24, 2.45) is 0 Å². The number of allylic oxidation sites excluding steroid dienone is 10. The maximum absolute atomic E-state index is 12.9. The molecule has 1 fully saturated rings. The minimum Gasteiger partial charge on any atom is -0.457 e. The molecule has 0 spiro atoms. The standard InChI is InChI=1S/C52H92O12S/c1-3-5-7-9-11-13-15-17-19-21-22-23-24-26-28-30-32-34-36-38-40-42-60-44-46(45-61-52-50(56)51(64-65(57,58)59)49(55)47(43-53)63-52)62-48(54)41-39-37-35-33-31-29-27-25-20-18-16-14-12-10-8-6-4-2/h6,8,12,14,18,20,27,29,33,35,46-47,49-53,55-56H,3-5,7,9-11,13,15-17,19,21-26,28,30-32,34,36-45H2,1-2H3,(H,57,58,59)/b8-6-,14-12-,20-18-,29-27-,35-33-. The number of aliphatic hydroxyl groups is 3. The van der Waals surface area contributed by atoms with Gasteiger partial charge in [0.05, 0.1) is 19.8 Å². The largest absolute Gasteiger partial charge is 0.457 e. The first-order valence-corrected chi connectivity index (χ1v) is 26.9. The predicted octanol–water partition coefficient (Wildman–Crippen LogP) is 11.7. The predicted molar refractivity (Wildman–Crippen MR) is 262 cm³/mol. The van der Waals surface area contributed by atoms with Gasteiger partial charge in [-0.2, -0.15) is 8.42 Å². The molecule has 4 N–H and O–H groups in total. The molecule has 13 heteroatoms. The first kappa shape index (κ1) is 60.8. The van der Waals surface area contributed by atoms with E-state index in [-0.39, 0.29) is 19.6 Å². The third-order valence-electron chi connectivity index (χ3n) is 11.4. The number of hydrogen-bond acceptors (Lipinski definition) is 11. The third-order valence-corrected chi connectivity index (χ3v) is 11.9.